The van der Waals surface area contributed by atoms with Crippen molar-refractivity contribution in [2.45, 2.75) is 76.7 Å². The minimum atomic E-state index is -0.189. The fourth-order valence-corrected chi connectivity index (χ4v) is 12.5. The van der Waals surface area contributed by atoms with E-state index in [-0.39, 0.29) is 18.0 Å². The van der Waals surface area contributed by atoms with Gasteiger partial charge in [0.15, 0.2) is 0 Å². The number of piperazine rings is 1. The summed E-state index contributed by atoms with van der Waals surface area (Å²) in [6, 6.07) is 44.2. The second-order valence-electron chi connectivity index (χ2n) is 21.0. The topological polar surface area (TPSA) is 146 Å². The molecule has 13 rings (SSSR count). The number of hydrogen-bond donors (Lipinski definition) is 5. The molecule has 2 aliphatic carbocycles. The molecule has 0 spiro atoms. The number of amides is 1. The van der Waals surface area contributed by atoms with Crippen LogP contribution in [-0.4, -0.2) is 89.8 Å². The third-order valence-electron chi connectivity index (χ3n) is 16.3. The molecule has 1 amide bonds. The monoisotopic (exact) mass is 1000 g/mol. The largest absolute Gasteiger partial charge is 0.353 e. The van der Waals surface area contributed by atoms with Crippen LogP contribution in [0.25, 0.3) is 54.7 Å². The number of carbonyl (C=O) groups excluding carboxylic acids is 1. The molecule has 1 saturated heterocycles. The van der Waals surface area contributed by atoms with Crippen LogP contribution in [0.3, 0.4) is 0 Å². The highest BCUT2D eigenvalue weighted by molar-refractivity contribution is 6.15. The Balaban J connectivity index is 0.818. The Bertz CT molecular complexity index is 3680. The number of hydrazine groups is 1. The summed E-state index contributed by atoms with van der Waals surface area (Å²) < 4.78 is 0. The number of nitrogens with zero attached hydrogens (tertiary/aromatic N) is 7. The van der Waals surface area contributed by atoms with Gasteiger partial charge in [-0.25, -0.2) is 0 Å². The zero-order chi connectivity index (χ0) is 50.8. The van der Waals surface area contributed by atoms with Gasteiger partial charge in [0.1, 0.15) is 0 Å². The average molecular weight is 1010 g/mol. The fourth-order valence-electron chi connectivity index (χ4n) is 12.5. The number of pyridine rings is 4. The Kier molecular flexibility index (Phi) is 13.5. The highest BCUT2D eigenvalue weighted by atomic mass is 16.2. The maximum absolute atomic E-state index is 13.2. The maximum Gasteiger partial charge on any atom is 0.269 e. The first-order valence-electron chi connectivity index (χ1n) is 27.3. The van der Waals surface area contributed by atoms with E-state index in [1.807, 2.05) is 61.1 Å². The number of rotatable bonds is 16. The van der Waals surface area contributed by atoms with Gasteiger partial charge < -0.3 is 20.2 Å². The number of fused-ring (bicyclic) bond motifs is 8. The van der Waals surface area contributed by atoms with Crippen LogP contribution >= 0.6 is 0 Å². The van der Waals surface area contributed by atoms with Crippen molar-refractivity contribution in [1.29, 1.82) is 0 Å². The fraction of sp³-hybridized carbons (Fsp3) is 0.286. The van der Waals surface area contributed by atoms with Gasteiger partial charge in [0.25, 0.3) is 5.91 Å². The van der Waals surface area contributed by atoms with Crippen LogP contribution in [0.1, 0.15) is 94.0 Å². The number of aromatic amines is 2. The summed E-state index contributed by atoms with van der Waals surface area (Å²) in [5.74, 6) is -0.189. The normalized spacial score (nSPS) is 16.9. The molecule has 76 heavy (non-hydrogen) atoms. The van der Waals surface area contributed by atoms with Crippen molar-refractivity contribution in [2.75, 3.05) is 44.7 Å². The molecule has 1 fully saturated rings. The van der Waals surface area contributed by atoms with Crippen molar-refractivity contribution >= 4 is 55.2 Å². The maximum atomic E-state index is 13.2. The molecular formula is C63H64N12O. The van der Waals surface area contributed by atoms with Crippen LogP contribution in [0.5, 0.6) is 0 Å². The molecule has 0 unspecified atom stereocenters. The lowest BCUT2D eigenvalue weighted by atomic mass is 9.85. The van der Waals surface area contributed by atoms with Crippen molar-refractivity contribution in [1.82, 2.24) is 55.3 Å². The van der Waals surface area contributed by atoms with Gasteiger partial charge in [-0.2, -0.15) is 0 Å². The number of hydrogen-bond acceptors (Lipinski definition) is 10. The Labute approximate surface area is 443 Å². The molecule has 7 heterocycles. The SMILES string of the molecule is O=C(NNc1ccccc1)c1ccc(CN(Cc2nccc3c2[nH]c2cccc(-c4ccnc5c4CCC[C@@H]5N(CCCN4CCNCC4)Cc4cc5c(cn4)[nH]c4ccccc45)c23)[C@H]2CCCc3cccnc32)cc1. The molecule has 4 aromatic carbocycles. The Morgan fingerprint density at radius 3 is 2.34 bits per heavy atom. The number of para-hydroxylation sites is 2. The van der Waals surface area contributed by atoms with Crippen molar-refractivity contribution < 1.29 is 4.79 Å². The number of carbonyl (C=O) groups is 1. The van der Waals surface area contributed by atoms with E-state index in [1.165, 1.54) is 49.5 Å². The van der Waals surface area contributed by atoms with Gasteiger partial charge >= 0.3 is 0 Å². The second-order valence-corrected chi connectivity index (χ2v) is 21.0. The van der Waals surface area contributed by atoms with Gasteiger partial charge in [-0.1, -0.05) is 66.7 Å². The van der Waals surface area contributed by atoms with E-state index >= 15 is 0 Å². The lowest BCUT2D eigenvalue weighted by molar-refractivity contribution is 0.0962. The lowest BCUT2D eigenvalue weighted by Gasteiger charge is -2.36. The van der Waals surface area contributed by atoms with Crippen molar-refractivity contribution in [3.8, 4) is 11.1 Å². The third kappa shape index (κ3) is 9.71. The summed E-state index contributed by atoms with van der Waals surface area (Å²) in [6.07, 6.45) is 15.3. The molecule has 3 aliphatic rings. The highest BCUT2D eigenvalue weighted by Gasteiger charge is 2.32. The summed E-state index contributed by atoms with van der Waals surface area (Å²) in [7, 11) is 0. The standard InChI is InChI=1S/C63H64N12O/c76-63(72-71-45-13-2-1-3-14-45)44-24-22-42(23-25-44)39-75(57-20-6-11-43-12-9-28-66-60(43)57)41-56-61-51(27-29-65-56)59-49(16-7-19-54(59)70-61)47-26-30-67-62-50(47)17-8-21-58(62)74(34-10-33-73-35-31-64-32-36-73)40-46-37-52-48-15-4-5-18-53(48)69-55(52)38-68-46/h1-5,7,9,12-16,18-19,22-30,37-38,57-58,64,69-71H,6,8,10-11,17,20-21,31-36,39-41H2,(H,72,76)/t57-,58-/m0/s1. The van der Waals surface area contributed by atoms with Crippen LogP contribution in [-0.2, 0) is 32.5 Å². The molecule has 0 bridgehead atoms. The summed E-state index contributed by atoms with van der Waals surface area (Å²) >= 11 is 0. The van der Waals surface area contributed by atoms with E-state index in [9.17, 15) is 4.79 Å². The van der Waals surface area contributed by atoms with Crippen molar-refractivity contribution in [3.05, 3.63) is 197 Å². The number of nitrogens with one attached hydrogen (secondary N) is 5. The van der Waals surface area contributed by atoms with E-state index < -0.39 is 0 Å². The first-order valence-corrected chi connectivity index (χ1v) is 27.3. The number of aromatic nitrogens is 6. The molecule has 6 aromatic heterocycles. The highest BCUT2D eigenvalue weighted by Crippen LogP contribution is 2.43. The second kappa shape index (κ2) is 21.4. The van der Waals surface area contributed by atoms with Crippen LogP contribution < -0.4 is 16.2 Å². The zero-order valence-electron chi connectivity index (χ0n) is 42.9. The number of benzene rings is 4. The van der Waals surface area contributed by atoms with Gasteiger partial charge in [-0.05, 0) is 140 Å². The molecule has 1 aliphatic heterocycles. The van der Waals surface area contributed by atoms with Crippen LogP contribution in [0, 0.1) is 0 Å². The summed E-state index contributed by atoms with van der Waals surface area (Å²) in [5.41, 5.74) is 22.3. The number of aryl methyl sites for hydroxylation is 1. The van der Waals surface area contributed by atoms with Gasteiger partial charge in [-0.3, -0.25) is 45.4 Å². The predicted octanol–water partition coefficient (Wildman–Crippen LogP) is 11.2. The Morgan fingerprint density at radius 2 is 1.45 bits per heavy atom. The molecule has 2 atom stereocenters. The molecular weight excluding hydrogens is 941 g/mol. The lowest BCUT2D eigenvalue weighted by Crippen LogP contribution is -2.44. The zero-order valence-corrected chi connectivity index (χ0v) is 42.9. The molecule has 0 saturated carbocycles. The Hall–Kier alpha value is -7.81. The van der Waals surface area contributed by atoms with Gasteiger partial charge in [0.05, 0.1) is 57.8 Å². The van der Waals surface area contributed by atoms with E-state index in [4.69, 9.17) is 19.9 Å². The Morgan fingerprint density at radius 1 is 0.645 bits per heavy atom. The average Bonchev–Trinajstić information content (AvgIpc) is 4.07. The third-order valence-corrected chi connectivity index (χ3v) is 16.3. The number of anilines is 1. The van der Waals surface area contributed by atoms with Crippen molar-refractivity contribution in [2.24, 2.45) is 0 Å². The van der Waals surface area contributed by atoms with E-state index in [0.717, 1.165) is 141 Å². The molecule has 382 valence electrons. The van der Waals surface area contributed by atoms with E-state index in [1.54, 1.807) is 0 Å². The smallest absolute Gasteiger partial charge is 0.269 e. The van der Waals surface area contributed by atoms with Crippen LogP contribution in [0.15, 0.2) is 152 Å². The minimum Gasteiger partial charge on any atom is -0.353 e. The predicted molar refractivity (Wildman–Crippen MR) is 304 cm³/mol. The van der Waals surface area contributed by atoms with Crippen molar-refractivity contribution in [3.63, 3.8) is 0 Å². The molecule has 5 N–H and O–H groups in total. The van der Waals surface area contributed by atoms with Crippen LogP contribution in [0.4, 0.5) is 5.69 Å². The quantitative estimate of drug-likeness (QED) is 0.0593. The first-order chi connectivity index (χ1) is 37.6. The summed E-state index contributed by atoms with van der Waals surface area (Å²) in [4.78, 5) is 49.0. The molecule has 10 aromatic rings. The van der Waals surface area contributed by atoms with Crippen LogP contribution in [0.2, 0.25) is 0 Å². The molecule has 0 radical (unpaired) electrons. The van der Waals surface area contributed by atoms with E-state index in [2.05, 4.69) is 132 Å². The van der Waals surface area contributed by atoms with Gasteiger partial charge in [0.2, 0.25) is 0 Å². The first kappa shape index (κ1) is 47.9. The minimum absolute atomic E-state index is 0.102. The van der Waals surface area contributed by atoms with Gasteiger partial charge in [0, 0.05) is 109 Å². The molecule has 13 nitrogen and oxygen atoms in total. The summed E-state index contributed by atoms with van der Waals surface area (Å²) in [6.45, 7) is 8.41. The van der Waals surface area contributed by atoms with E-state index in [0.29, 0.717) is 18.7 Å². The summed E-state index contributed by atoms with van der Waals surface area (Å²) in [5, 5.41) is 8.37. The number of H-pyrrole nitrogens is 2. The van der Waals surface area contributed by atoms with Gasteiger partial charge in [-0.15, -0.1) is 0 Å². The molecule has 13 heteroatoms.